The van der Waals surface area contributed by atoms with Gasteiger partial charge < -0.3 is 4.74 Å². The van der Waals surface area contributed by atoms with Gasteiger partial charge in [-0.2, -0.15) is 0 Å². The van der Waals surface area contributed by atoms with E-state index in [1.807, 2.05) is 19.1 Å². The third-order valence-electron chi connectivity index (χ3n) is 5.27. The van der Waals surface area contributed by atoms with Gasteiger partial charge in [0.15, 0.2) is 0 Å². The van der Waals surface area contributed by atoms with Gasteiger partial charge in [-0.1, -0.05) is 6.07 Å². The first-order chi connectivity index (χ1) is 11.7. The lowest BCUT2D eigenvalue weighted by Gasteiger charge is -2.40. The van der Waals surface area contributed by atoms with E-state index in [0.29, 0.717) is 19.2 Å². The van der Waals surface area contributed by atoms with Crippen LogP contribution in [-0.4, -0.2) is 59.3 Å². The number of carbonyl (C=O) groups excluding carboxylic acids is 1. The number of amides is 1. The van der Waals surface area contributed by atoms with Crippen molar-refractivity contribution in [3.8, 4) is 0 Å². The van der Waals surface area contributed by atoms with Crippen molar-refractivity contribution in [2.24, 2.45) is 5.92 Å². The SMILES string of the molecule is Cc1cccc(CN2C[C@@H](C(=O)N3CCCO3)C[C@H]3OCC[C@H]32)n1. The molecule has 0 saturated carbocycles. The number of fused-ring (bicyclic) bond motifs is 1. The molecule has 3 aliphatic rings. The van der Waals surface area contributed by atoms with Crippen molar-refractivity contribution in [1.82, 2.24) is 14.9 Å². The molecule has 4 heterocycles. The maximum absolute atomic E-state index is 12.7. The Kier molecular flexibility index (Phi) is 4.52. The van der Waals surface area contributed by atoms with Crippen LogP contribution in [0.5, 0.6) is 0 Å². The Morgan fingerprint density at radius 1 is 1.38 bits per heavy atom. The Hall–Kier alpha value is -1.50. The van der Waals surface area contributed by atoms with E-state index in [4.69, 9.17) is 9.57 Å². The first-order valence-electron chi connectivity index (χ1n) is 8.93. The van der Waals surface area contributed by atoms with E-state index in [9.17, 15) is 4.79 Å². The lowest BCUT2D eigenvalue weighted by atomic mass is 9.89. The molecule has 3 aliphatic heterocycles. The molecule has 0 bridgehead atoms. The minimum absolute atomic E-state index is 0.0488. The zero-order chi connectivity index (χ0) is 16.5. The third kappa shape index (κ3) is 3.18. The quantitative estimate of drug-likeness (QED) is 0.841. The molecule has 0 N–H and O–H groups in total. The topological polar surface area (TPSA) is 54.9 Å². The molecule has 0 spiro atoms. The van der Waals surface area contributed by atoms with Crippen LogP contribution in [0.1, 0.15) is 30.7 Å². The van der Waals surface area contributed by atoms with E-state index in [1.54, 1.807) is 5.06 Å². The molecule has 6 nitrogen and oxygen atoms in total. The summed E-state index contributed by atoms with van der Waals surface area (Å²) in [6.45, 7) is 5.70. The van der Waals surface area contributed by atoms with Gasteiger partial charge in [0.25, 0.3) is 5.91 Å². The van der Waals surface area contributed by atoms with Gasteiger partial charge >= 0.3 is 0 Å². The molecule has 130 valence electrons. The van der Waals surface area contributed by atoms with Crippen molar-refractivity contribution in [1.29, 1.82) is 0 Å². The summed E-state index contributed by atoms with van der Waals surface area (Å²) in [7, 11) is 0. The van der Waals surface area contributed by atoms with Crippen molar-refractivity contribution >= 4 is 5.91 Å². The molecule has 1 amide bonds. The maximum Gasteiger partial charge on any atom is 0.250 e. The number of nitrogens with zero attached hydrogens (tertiary/aromatic N) is 3. The smallest absolute Gasteiger partial charge is 0.250 e. The van der Waals surface area contributed by atoms with E-state index in [2.05, 4.69) is 16.0 Å². The van der Waals surface area contributed by atoms with E-state index < -0.39 is 0 Å². The second-order valence-corrected chi connectivity index (χ2v) is 7.02. The highest BCUT2D eigenvalue weighted by Crippen LogP contribution is 2.33. The summed E-state index contributed by atoms with van der Waals surface area (Å²) < 4.78 is 5.92. The van der Waals surface area contributed by atoms with Crippen molar-refractivity contribution < 1.29 is 14.4 Å². The number of hydroxylamine groups is 2. The molecule has 4 rings (SSSR count). The minimum atomic E-state index is -0.0488. The number of hydrogen-bond donors (Lipinski definition) is 0. The van der Waals surface area contributed by atoms with Crippen LogP contribution in [0.2, 0.25) is 0 Å². The molecular formula is C18H25N3O3. The normalized spacial score (nSPS) is 30.5. The van der Waals surface area contributed by atoms with E-state index >= 15 is 0 Å². The fraction of sp³-hybridized carbons (Fsp3) is 0.667. The molecule has 0 unspecified atom stereocenters. The molecule has 1 aromatic heterocycles. The number of carbonyl (C=O) groups is 1. The summed E-state index contributed by atoms with van der Waals surface area (Å²) in [5, 5.41) is 1.56. The van der Waals surface area contributed by atoms with Gasteiger partial charge in [-0.15, -0.1) is 0 Å². The van der Waals surface area contributed by atoms with Gasteiger partial charge in [0, 0.05) is 31.4 Å². The molecule has 3 fully saturated rings. The summed E-state index contributed by atoms with van der Waals surface area (Å²) in [6, 6.07) is 6.52. The average Bonchev–Trinajstić information content (AvgIpc) is 3.25. The summed E-state index contributed by atoms with van der Waals surface area (Å²) >= 11 is 0. The Morgan fingerprint density at radius 3 is 3.08 bits per heavy atom. The molecule has 1 aromatic rings. The number of ether oxygens (including phenoxy) is 1. The Bertz CT molecular complexity index is 603. The highest BCUT2D eigenvalue weighted by Gasteiger charge is 2.43. The molecule has 24 heavy (non-hydrogen) atoms. The number of likely N-dealkylation sites (tertiary alicyclic amines) is 1. The number of piperidine rings is 1. The minimum Gasteiger partial charge on any atom is -0.377 e. The molecule has 0 aliphatic carbocycles. The summed E-state index contributed by atoms with van der Waals surface area (Å²) in [6.07, 6.45) is 2.93. The van der Waals surface area contributed by atoms with Crippen LogP contribution in [0, 0.1) is 12.8 Å². The Labute approximate surface area is 142 Å². The van der Waals surface area contributed by atoms with Gasteiger partial charge in [0.05, 0.1) is 30.9 Å². The largest absolute Gasteiger partial charge is 0.377 e. The van der Waals surface area contributed by atoms with E-state index in [1.165, 1.54) is 0 Å². The van der Waals surface area contributed by atoms with E-state index in [-0.39, 0.29) is 17.9 Å². The lowest BCUT2D eigenvalue weighted by Crippen LogP contribution is -2.52. The number of rotatable bonds is 3. The van der Waals surface area contributed by atoms with Crippen LogP contribution >= 0.6 is 0 Å². The van der Waals surface area contributed by atoms with E-state index in [0.717, 1.165) is 50.3 Å². The van der Waals surface area contributed by atoms with Gasteiger partial charge in [-0.25, -0.2) is 5.06 Å². The lowest BCUT2D eigenvalue weighted by molar-refractivity contribution is -0.177. The van der Waals surface area contributed by atoms with Crippen LogP contribution in [0.15, 0.2) is 18.2 Å². The van der Waals surface area contributed by atoms with Crippen LogP contribution < -0.4 is 0 Å². The van der Waals surface area contributed by atoms with Crippen molar-refractivity contribution in [3.63, 3.8) is 0 Å². The molecule has 0 radical (unpaired) electrons. The number of aromatic nitrogens is 1. The first-order valence-corrected chi connectivity index (χ1v) is 8.93. The number of hydrogen-bond acceptors (Lipinski definition) is 5. The predicted molar refractivity (Wildman–Crippen MR) is 87.9 cm³/mol. The predicted octanol–water partition coefficient (Wildman–Crippen LogP) is 1.53. The van der Waals surface area contributed by atoms with Crippen LogP contribution in [-0.2, 0) is 20.9 Å². The standard InChI is InChI=1S/C18H25N3O3/c1-13-4-2-5-15(19-13)12-20-11-14(10-17-16(20)6-9-23-17)18(22)21-7-3-8-24-21/h2,4-5,14,16-17H,3,6-12H2,1H3/t14-,16+,17+/m0/s1. The second kappa shape index (κ2) is 6.78. The average molecular weight is 331 g/mol. The van der Waals surface area contributed by atoms with Crippen molar-refractivity contribution in [2.45, 2.75) is 44.9 Å². The highest BCUT2D eigenvalue weighted by atomic mass is 16.7. The Morgan fingerprint density at radius 2 is 2.29 bits per heavy atom. The third-order valence-corrected chi connectivity index (χ3v) is 5.27. The van der Waals surface area contributed by atoms with Gasteiger partial charge in [-0.05, 0) is 38.3 Å². The fourth-order valence-electron chi connectivity index (χ4n) is 4.13. The Balaban J connectivity index is 1.49. The van der Waals surface area contributed by atoms with Crippen LogP contribution in [0.4, 0.5) is 0 Å². The summed E-state index contributed by atoms with van der Waals surface area (Å²) in [5.41, 5.74) is 2.09. The molecule has 3 saturated heterocycles. The molecular weight excluding hydrogens is 306 g/mol. The van der Waals surface area contributed by atoms with Crippen molar-refractivity contribution in [2.75, 3.05) is 26.3 Å². The van der Waals surface area contributed by atoms with Crippen LogP contribution in [0.3, 0.4) is 0 Å². The maximum atomic E-state index is 12.7. The zero-order valence-corrected chi connectivity index (χ0v) is 14.2. The monoisotopic (exact) mass is 331 g/mol. The van der Waals surface area contributed by atoms with Gasteiger partial charge in [0.1, 0.15) is 0 Å². The molecule has 6 heteroatoms. The summed E-state index contributed by atoms with van der Waals surface area (Å²) in [5.74, 6) is 0.0657. The van der Waals surface area contributed by atoms with Gasteiger partial charge in [-0.3, -0.25) is 19.5 Å². The van der Waals surface area contributed by atoms with Crippen molar-refractivity contribution in [3.05, 3.63) is 29.6 Å². The van der Waals surface area contributed by atoms with Crippen LogP contribution in [0.25, 0.3) is 0 Å². The molecule has 3 atom stereocenters. The number of pyridine rings is 1. The molecule has 0 aromatic carbocycles. The summed E-state index contributed by atoms with van der Waals surface area (Å²) in [4.78, 5) is 25.2. The number of aryl methyl sites for hydroxylation is 1. The second-order valence-electron chi connectivity index (χ2n) is 7.02. The van der Waals surface area contributed by atoms with Gasteiger partial charge in [0.2, 0.25) is 0 Å². The highest BCUT2D eigenvalue weighted by molar-refractivity contribution is 5.78. The zero-order valence-electron chi connectivity index (χ0n) is 14.2. The first kappa shape index (κ1) is 16.0. The fourth-order valence-corrected chi connectivity index (χ4v) is 4.13.